The van der Waals surface area contributed by atoms with Gasteiger partial charge < -0.3 is 9.80 Å². The first kappa shape index (κ1) is 18.7. The van der Waals surface area contributed by atoms with Gasteiger partial charge >= 0.3 is 0 Å². The van der Waals surface area contributed by atoms with Crippen molar-refractivity contribution in [2.45, 2.75) is 45.1 Å². The van der Waals surface area contributed by atoms with Crippen LogP contribution >= 0.6 is 0 Å². The topological polar surface area (TPSA) is 63.5 Å². The first-order valence-electron chi connectivity index (χ1n) is 9.69. The van der Waals surface area contributed by atoms with Crippen LogP contribution in [0.2, 0.25) is 0 Å². The minimum absolute atomic E-state index is 0.241. The Kier molecular flexibility index (Phi) is 6.10. The molecule has 1 saturated heterocycles. The molecule has 6 nitrogen and oxygen atoms in total. The number of carbonyl (C=O) groups excluding carboxylic acids is 1. The molecule has 3 rings (SSSR count). The molecule has 1 aromatic heterocycles. The van der Waals surface area contributed by atoms with Crippen molar-refractivity contribution in [1.29, 1.82) is 5.26 Å². The second-order valence-corrected chi connectivity index (χ2v) is 7.51. The summed E-state index contributed by atoms with van der Waals surface area (Å²) in [6, 6.07) is 6.52. The Balaban J connectivity index is 1.50. The van der Waals surface area contributed by atoms with E-state index in [1.807, 2.05) is 31.0 Å². The zero-order valence-electron chi connectivity index (χ0n) is 15.9. The van der Waals surface area contributed by atoms with E-state index in [9.17, 15) is 4.79 Å². The molecule has 0 radical (unpaired) electrons. The van der Waals surface area contributed by atoms with Crippen molar-refractivity contribution in [2.24, 2.45) is 0 Å². The molecule has 1 aliphatic carbocycles. The summed E-state index contributed by atoms with van der Waals surface area (Å²) >= 11 is 0. The second-order valence-electron chi connectivity index (χ2n) is 7.51. The van der Waals surface area contributed by atoms with Crippen molar-refractivity contribution in [3.05, 3.63) is 23.4 Å². The summed E-state index contributed by atoms with van der Waals surface area (Å²) in [7, 11) is 1.97. The number of aromatic nitrogens is 1. The molecule has 2 heterocycles. The number of anilines is 1. The monoisotopic (exact) mass is 355 g/mol. The normalized spacial score (nSPS) is 19.2. The molecule has 6 heteroatoms. The molecule has 0 aromatic carbocycles. The van der Waals surface area contributed by atoms with Crippen molar-refractivity contribution >= 4 is 11.7 Å². The van der Waals surface area contributed by atoms with E-state index in [1.54, 1.807) is 0 Å². The summed E-state index contributed by atoms with van der Waals surface area (Å²) in [5.74, 6) is 1.10. The highest BCUT2D eigenvalue weighted by molar-refractivity contribution is 5.78. The Morgan fingerprint density at radius 1 is 1.23 bits per heavy atom. The molecular weight excluding hydrogens is 326 g/mol. The Morgan fingerprint density at radius 3 is 2.58 bits per heavy atom. The lowest BCUT2D eigenvalue weighted by Crippen LogP contribution is -2.51. The van der Waals surface area contributed by atoms with Gasteiger partial charge in [-0.05, 0) is 31.4 Å². The highest BCUT2D eigenvalue weighted by atomic mass is 16.2. The van der Waals surface area contributed by atoms with Gasteiger partial charge in [-0.2, -0.15) is 5.26 Å². The number of rotatable bonds is 4. The Bertz CT molecular complexity index is 669. The highest BCUT2D eigenvalue weighted by Crippen LogP contribution is 2.22. The molecule has 26 heavy (non-hydrogen) atoms. The number of nitriles is 1. The molecule has 0 N–H and O–H groups in total. The standard InChI is InChI=1S/C20H29N5O/c1-16-8-9-19(22-18(16)14-21)25-12-10-24(11-13-25)15-20(26)23(2)17-6-4-3-5-7-17/h8-9,17H,3-7,10-13,15H2,1-2H3. The number of hydrogen-bond donors (Lipinski definition) is 0. The Morgan fingerprint density at radius 2 is 1.92 bits per heavy atom. The average Bonchev–Trinajstić information content (AvgIpc) is 2.69. The minimum Gasteiger partial charge on any atom is -0.354 e. The molecule has 0 atom stereocenters. The number of pyridine rings is 1. The van der Waals surface area contributed by atoms with Gasteiger partial charge in [0, 0.05) is 39.3 Å². The van der Waals surface area contributed by atoms with Gasteiger partial charge in [0.15, 0.2) is 0 Å². The quantitative estimate of drug-likeness (QED) is 0.828. The molecule has 1 aromatic rings. The lowest BCUT2D eigenvalue weighted by atomic mass is 9.94. The molecule has 140 valence electrons. The van der Waals surface area contributed by atoms with Gasteiger partial charge in [0.2, 0.25) is 5.91 Å². The lowest BCUT2D eigenvalue weighted by molar-refractivity contribution is -0.133. The predicted octanol–water partition coefficient (Wildman–Crippen LogP) is 2.17. The first-order chi connectivity index (χ1) is 12.6. The molecule has 1 amide bonds. The van der Waals surface area contributed by atoms with Crippen molar-refractivity contribution in [1.82, 2.24) is 14.8 Å². The first-order valence-corrected chi connectivity index (χ1v) is 9.69. The number of aryl methyl sites for hydroxylation is 1. The van der Waals surface area contributed by atoms with Gasteiger partial charge in [-0.25, -0.2) is 4.98 Å². The molecule has 1 saturated carbocycles. The van der Waals surface area contributed by atoms with E-state index in [2.05, 4.69) is 20.9 Å². The maximum Gasteiger partial charge on any atom is 0.236 e. The predicted molar refractivity (Wildman–Crippen MR) is 102 cm³/mol. The second kappa shape index (κ2) is 8.50. The zero-order valence-corrected chi connectivity index (χ0v) is 15.9. The Hall–Kier alpha value is -2.13. The highest BCUT2D eigenvalue weighted by Gasteiger charge is 2.25. The third kappa shape index (κ3) is 4.34. The molecule has 1 aliphatic heterocycles. The minimum atomic E-state index is 0.241. The van der Waals surface area contributed by atoms with E-state index in [-0.39, 0.29) is 5.91 Å². The van der Waals surface area contributed by atoms with Crippen LogP contribution in [0.3, 0.4) is 0 Å². The van der Waals surface area contributed by atoms with E-state index < -0.39 is 0 Å². The maximum atomic E-state index is 12.6. The van der Waals surface area contributed by atoms with E-state index in [0.29, 0.717) is 18.3 Å². The average molecular weight is 355 g/mol. The van der Waals surface area contributed by atoms with Crippen LogP contribution < -0.4 is 4.90 Å². The van der Waals surface area contributed by atoms with Crippen LogP contribution in [0.5, 0.6) is 0 Å². The third-order valence-corrected chi connectivity index (χ3v) is 5.76. The third-order valence-electron chi connectivity index (χ3n) is 5.76. The van der Waals surface area contributed by atoms with Crippen molar-refractivity contribution in [3.63, 3.8) is 0 Å². The van der Waals surface area contributed by atoms with Crippen LogP contribution in [-0.2, 0) is 4.79 Å². The summed E-state index contributed by atoms with van der Waals surface area (Å²) in [5, 5.41) is 9.16. The number of carbonyl (C=O) groups is 1. The summed E-state index contributed by atoms with van der Waals surface area (Å²) in [4.78, 5) is 23.5. The van der Waals surface area contributed by atoms with Crippen LogP contribution in [0.1, 0.15) is 43.4 Å². The fourth-order valence-electron chi connectivity index (χ4n) is 3.92. The fraction of sp³-hybridized carbons (Fsp3) is 0.650. The van der Waals surface area contributed by atoms with Gasteiger partial charge in [0.25, 0.3) is 0 Å². The van der Waals surface area contributed by atoms with E-state index in [4.69, 9.17) is 5.26 Å². The summed E-state index contributed by atoms with van der Waals surface area (Å²) in [5.41, 5.74) is 1.40. The zero-order chi connectivity index (χ0) is 18.5. The van der Waals surface area contributed by atoms with Gasteiger partial charge in [0.05, 0.1) is 6.54 Å². The van der Waals surface area contributed by atoms with Gasteiger partial charge in [-0.1, -0.05) is 25.3 Å². The maximum absolute atomic E-state index is 12.6. The molecule has 0 unspecified atom stereocenters. The van der Waals surface area contributed by atoms with Crippen molar-refractivity contribution in [2.75, 3.05) is 44.7 Å². The van der Waals surface area contributed by atoms with Crippen LogP contribution in [-0.4, -0.2) is 66.5 Å². The van der Waals surface area contributed by atoms with Crippen molar-refractivity contribution in [3.8, 4) is 6.07 Å². The van der Waals surface area contributed by atoms with E-state index in [1.165, 1.54) is 19.3 Å². The summed E-state index contributed by atoms with van der Waals surface area (Å²) in [6.45, 7) is 5.78. The molecule has 0 spiro atoms. The number of amides is 1. The largest absolute Gasteiger partial charge is 0.354 e. The molecular formula is C20H29N5O. The number of piperazine rings is 1. The van der Waals surface area contributed by atoms with Gasteiger partial charge in [-0.15, -0.1) is 0 Å². The Labute approximate surface area is 156 Å². The van der Waals surface area contributed by atoms with Gasteiger partial charge in [-0.3, -0.25) is 9.69 Å². The number of nitrogens with zero attached hydrogens (tertiary/aromatic N) is 5. The van der Waals surface area contributed by atoms with E-state index >= 15 is 0 Å². The van der Waals surface area contributed by atoms with E-state index in [0.717, 1.165) is 50.4 Å². The smallest absolute Gasteiger partial charge is 0.236 e. The number of hydrogen-bond acceptors (Lipinski definition) is 5. The summed E-state index contributed by atoms with van der Waals surface area (Å²) < 4.78 is 0. The molecule has 0 bridgehead atoms. The van der Waals surface area contributed by atoms with Crippen LogP contribution in [0, 0.1) is 18.3 Å². The fourth-order valence-corrected chi connectivity index (χ4v) is 3.92. The summed E-state index contributed by atoms with van der Waals surface area (Å²) in [6.07, 6.45) is 6.10. The molecule has 2 fully saturated rings. The number of likely N-dealkylation sites (N-methyl/N-ethyl adjacent to an activating group) is 1. The van der Waals surface area contributed by atoms with Crippen LogP contribution in [0.25, 0.3) is 0 Å². The van der Waals surface area contributed by atoms with Crippen LogP contribution in [0.15, 0.2) is 12.1 Å². The lowest BCUT2D eigenvalue weighted by Gasteiger charge is -2.37. The SMILES string of the molecule is Cc1ccc(N2CCN(CC(=O)N(C)C3CCCCC3)CC2)nc1C#N. The van der Waals surface area contributed by atoms with Crippen LogP contribution in [0.4, 0.5) is 5.82 Å². The van der Waals surface area contributed by atoms with Crippen molar-refractivity contribution < 1.29 is 4.79 Å². The van der Waals surface area contributed by atoms with Gasteiger partial charge in [0.1, 0.15) is 17.6 Å². The molecule has 2 aliphatic rings.